The molecule has 1 atom stereocenters. The number of benzene rings is 1. The summed E-state index contributed by atoms with van der Waals surface area (Å²) in [6, 6.07) is 9.48. The van der Waals surface area contributed by atoms with Gasteiger partial charge in [-0.15, -0.1) is 0 Å². The van der Waals surface area contributed by atoms with Gasteiger partial charge in [-0.25, -0.2) is 4.79 Å². The summed E-state index contributed by atoms with van der Waals surface area (Å²) < 4.78 is 5.20. The van der Waals surface area contributed by atoms with Gasteiger partial charge in [0.1, 0.15) is 0 Å². The number of rotatable bonds is 5. The fourth-order valence-electron chi connectivity index (χ4n) is 6.38. The number of hydrogen-bond donors (Lipinski definition) is 1. The van der Waals surface area contributed by atoms with E-state index in [1.54, 1.807) is 0 Å². The zero-order valence-corrected chi connectivity index (χ0v) is 18.6. The standard InChI is InChI=1S/C25H35N3O3/c1-2-31-23(29)19-5-9-21(10-6-19)28-22(17-26-24(28)30)18-3-7-20(8-4-18)25-11-14-27(15-12-25)16-13-25/h3-4,7-8,19,21-22H,2,5-6,9-17H2,1H3,(H,26,30). The number of piperidine rings is 3. The first kappa shape index (κ1) is 20.8. The molecule has 0 spiro atoms. The summed E-state index contributed by atoms with van der Waals surface area (Å²) in [5.74, 6) is -0.0901. The highest BCUT2D eigenvalue weighted by molar-refractivity contribution is 5.78. The maximum absolute atomic E-state index is 12.7. The summed E-state index contributed by atoms with van der Waals surface area (Å²) in [7, 11) is 0. The lowest BCUT2D eigenvalue weighted by atomic mass is 9.67. The van der Waals surface area contributed by atoms with E-state index < -0.39 is 0 Å². The number of urea groups is 1. The number of ether oxygens (including phenoxy) is 1. The SMILES string of the molecule is CCOC(=O)C1CCC(N2C(=O)NCC2c2ccc(C34CCN(CC3)CC4)cc2)CC1. The molecule has 4 heterocycles. The Morgan fingerprint density at radius 2 is 1.71 bits per heavy atom. The van der Waals surface area contributed by atoms with Crippen molar-refractivity contribution in [1.82, 2.24) is 15.1 Å². The number of esters is 1. The molecule has 5 aliphatic rings. The minimum atomic E-state index is -0.0770. The second-order valence-corrected chi connectivity index (χ2v) is 9.86. The number of carbonyl (C=O) groups excluding carboxylic acids is 2. The van der Waals surface area contributed by atoms with Gasteiger partial charge in [-0.3, -0.25) is 4.79 Å². The van der Waals surface area contributed by atoms with Gasteiger partial charge >= 0.3 is 12.0 Å². The van der Waals surface area contributed by atoms with E-state index in [-0.39, 0.29) is 30.0 Å². The Hall–Kier alpha value is -2.08. The van der Waals surface area contributed by atoms with Crippen LogP contribution in [0, 0.1) is 5.92 Å². The van der Waals surface area contributed by atoms with Crippen LogP contribution in [0.4, 0.5) is 4.79 Å². The van der Waals surface area contributed by atoms with E-state index in [1.807, 2.05) is 11.8 Å². The number of carbonyl (C=O) groups is 2. The second-order valence-electron chi connectivity index (χ2n) is 9.86. The number of fused-ring (bicyclic) bond motifs is 3. The first-order valence-electron chi connectivity index (χ1n) is 12.2. The van der Waals surface area contributed by atoms with E-state index in [2.05, 4.69) is 34.5 Å². The van der Waals surface area contributed by atoms with Crippen molar-refractivity contribution in [2.45, 2.75) is 69.4 Å². The van der Waals surface area contributed by atoms with Crippen molar-refractivity contribution < 1.29 is 14.3 Å². The molecular weight excluding hydrogens is 390 g/mol. The number of nitrogens with zero attached hydrogens (tertiary/aromatic N) is 2. The molecule has 1 saturated carbocycles. The van der Waals surface area contributed by atoms with E-state index in [0.29, 0.717) is 18.6 Å². The monoisotopic (exact) mass is 425 g/mol. The lowest BCUT2D eigenvalue weighted by Gasteiger charge is -2.49. The van der Waals surface area contributed by atoms with Crippen LogP contribution in [-0.2, 0) is 14.9 Å². The van der Waals surface area contributed by atoms with E-state index in [0.717, 1.165) is 25.7 Å². The summed E-state index contributed by atoms with van der Waals surface area (Å²) >= 11 is 0. The van der Waals surface area contributed by atoms with Gasteiger partial charge in [0.15, 0.2) is 0 Å². The number of nitrogens with one attached hydrogen (secondary N) is 1. The summed E-state index contributed by atoms with van der Waals surface area (Å²) in [6.45, 7) is 6.63. The molecule has 2 amide bonds. The van der Waals surface area contributed by atoms with Gasteiger partial charge < -0.3 is 19.9 Å². The van der Waals surface area contributed by atoms with Crippen molar-refractivity contribution in [3.05, 3.63) is 35.4 Å². The minimum Gasteiger partial charge on any atom is -0.466 e. The molecule has 31 heavy (non-hydrogen) atoms. The fourth-order valence-corrected chi connectivity index (χ4v) is 6.38. The summed E-state index contributed by atoms with van der Waals surface area (Å²) in [6.07, 6.45) is 7.15. The third-order valence-corrected chi connectivity index (χ3v) is 8.35. The van der Waals surface area contributed by atoms with Crippen LogP contribution in [0.2, 0.25) is 0 Å². The van der Waals surface area contributed by atoms with Crippen molar-refractivity contribution >= 4 is 12.0 Å². The van der Waals surface area contributed by atoms with Crippen LogP contribution in [0.3, 0.4) is 0 Å². The molecule has 1 aliphatic carbocycles. The largest absolute Gasteiger partial charge is 0.466 e. The Kier molecular flexibility index (Phi) is 5.67. The van der Waals surface area contributed by atoms with E-state index in [1.165, 1.54) is 50.0 Å². The summed E-state index contributed by atoms with van der Waals surface area (Å²) in [5, 5.41) is 3.06. The van der Waals surface area contributed by atoms with Gasteiger partial charge in [-0.1, -0.05) is 24.3 Å². The Labute approximate surface area is 185 Å². The quantitative estimate of drug-likeness (QED) is 0.732. The van der Waals surface area contributed by atoms with Crippen LogP contribution in [0.25, 0.3) is 0 Å². The molecule has 5 fully saturated rings. The number of hydrogen-bond acceptors (Lipinski definition) is 4. The molecule has 6 rings (SSSR count). The van der Waals surface area contributed by atoms with E-state index in [9.17, 15) is 9.59 Å². The molecule has 4 aliphatic heterocycles. The maximum atomic E-state index is 12.7. The van der Waals surface area contributed by atoms with Crippen molar-refractivity contribution in [2.24, 2.45) is 5.92 Å². The second kappa shape index (κ2) is 8.45. The highest BCUT2D eigenvalue weighted by Gasteiger charge is 2.42. The van der Waals surface area contributed by atoms with Gasteiger partial charge in [0.2, 0.25) is 0 Å². The normalized spacial score (nSPS) is 35.1. The van der Waals surface area contributed by atoms with Crippen molar-refractivity contribution in [2.75, 3.05) is 32.8 Å². The molecule has 168 valence electrons. The topological polar surface area (TPSA) is 61.9 Å². The minimum absolute atomic E-state index is 0.0132. The molecule has 4 saturated heterocycles. The molecule has 0 aromatic heterocycles. The van der Waals surface area contributed by atoms with Crippen LogP contribution >= 0.6 is 0 Å². The van der Waals surface area contributed by atoms with E-state index >= 15 is 0 Å². The smallest absolute Gasteiger partial charge is 0.318 e. The van der Waals surface area contributed by atoms with Gasteiger partial charge in [0, 0.05) is 12.6 Å². The zero-order chi connectivity index (χ0) is 21.4. The molecule has 1 aromatic carbocycles. The molecule has 1 aromatic rings. The highest BCUT2D eigenvalue weighted by atomic mass is 16.5. The predicted molar refractivity (Wildman–Crippen MR) is 119 cm³/mol. The van der Waals surface area contributed by atoms with Crippen LogP contribution in [0.5, 0.6) is 0 Å². The first-order chi connectivity index (χ1) is 15.1. The molecule has 2 bridgehead atoms. The lowest BCUT2D eigenvalue weighted by molar-refractivity contribution is -0.149. The maximum Gasteiger partial charge on any atom is 0.318 e. The van der Waals surface area contributed by atoms with Crippen LogP contribution in [-0.4, -0.2) is 60.6 Å². The van der Waals surface area contributed by atoms with Crippen molar-refractivity contribution in [3.8, 4) is 0 Å². The summed E-state index contributed by atoms with van der Waals surface area (Å²) in [5.41, 5.74) is 3.07. The van der Waals surface area contributed by atoms with E-state index in [4.69, 9.17) is 4.74 Å². The third kappa shape index (κ3) is 3.84. The lowest BCUT2D eigenvalue weighted by Crippen LogP contribution is -2.50. The van der Waals surface area contributed by atoms with Crippen LogP contribution < -0.4 is 5.32 Å². The average Bonchev–Trinajstić information content (AvgIpc) is 3.22. The van der Waals surface area contributed by atoms with Crippen molar-refractivity contribution in [1.29, 1.82) is 0 Å². The van der Waals surface area contributed by atoms with Crippen LogP contribution in [0.1, 0.15) is 69.0 Å². The van der Waals surface area contributed by atoms with Gasteiger partial charge in [-0.2, -0.15) is 0 Å². The molecule has 6 heteroatoms. The average molecular weight is 426 g/mol. The molecule has 6 nitrogen and oxygen atoms in total. The fraction of sp³-hybridized carbons (Fsp3) is 0.680. The molecular formula is C25H35N3O3. The third-order valence-electron chi connectivity index (χ3n) is 8.35. The van der Waals surface area contributed by atoms with Crippen molar-refractivity contribution in [3.63, 3.8) is 0 Å². The predicted octanol–water partition coefficient (Wildman–Crippen LogP) is 3.61. The number of amides is 2. The Bertz CT molecular complexity index is 794. The Morgan fingerprint density at radius 3 is 2.32 bits per heavy atom. The molecule has 1 unspecified atom stereocenters. The molecule has 0 radical (unpaired) electrons. The van der Waals surface area contributed by atoms with Gasteiger partial charge in [0.25, 0.3) is 0 Å². The zero-order valence-electron chi connectivity index (χ0n) is 18.6. The molecule has 1 N–H and O–H groups in total. The Morgan fingerprint density at radius 1 is 1.06 bits per heavy atom. The first-order valence-corrected chi connectivity index (χ1v) is 12.2. The Balaban J connectivity index is 1.27. The summed E-state index contributed by atoms with van der Waals surface area (Å²) in [4.78, 5) is 29.4. The highest BCUT2D eigenvalue weighted by Crippen LogP contribution is 2.43. The van der Waals surface area contributed by atoms with Crippen LogP contribution in [0.15, 0.2) is 24.3 Å². The van der Waals surface area contributed by atoms with Gasteiger partial charge in [-0.05, 0) is 88.0 Å². The van der Waals surface area contributed by atoms with Gasteiger partial charge in [0.05, 0.1) is 18.6 Å².